The largest absolute Gasteiger partial charge is 0.377 e. The third-order valence-corrected chi connectivity index (χ3v) is 4.83. The van der Waals surface area contributed by atoms with Crippen molar-refractivity contribution in [1.82, 2.24) is 0 Å². The zero-order chi connectivity index (χ0) is 15.4. The maximum absolute atomic E-state index is 6.03. The Morgan fingerprint density at radius 2 is 1.90 bits per heavy atom. The highest BCUT2D eigenvalue weighted by Crippen LogP contribution is 2.31. The standard InChI is InChI=1S/C16H25BrN2O2/c1-4-12(18)7-11-5-6-14(13(17)8-11)19-9-15(20-2)16(10-19)21-3/h5-6,8,12,15-16H,4,7,9-10,18H2,1-3H3. The first kappa shape index (κ1) is 16.7. The lowest BCUT2D eigenvalue weighted by Gasteiger charge is -2.20. The summed E-state index contributed by atoms with van der Waals surface area (Å²) in [5.74, 6) is 0. The van der Waals surface area contributed by atoms with Crippen LogP contribution in [0.4, 0.5) is 5.69 Å². The van der Waals surface area contributed by atoms with Crippen LogP contribution in [-0.2, 0) is 15.9 Å². The van der Waals surface area contributed by atoms with Crippen LogP contribution in [-0.4, -0.2) is 45.6 Å². The van der Waals surface area contributed by atoms with Gasteiger partial charge in [0.2, 0.25) is 0 Å². The number of hydrogen-bond donors (Lipinski definition) is 1. The van der Waals surface area contributed by atoms with E-state index in [0.29, 0.717) is 0 Å². The Labute approximate surface area is 135 Å². The van der Waals surface area contributed by atoms with Gasteiger partial charge in [-0.05, 0) is 46.5 Å². The molecule has 1 aliphatic heterocycles. The molecule has 2 N–H and O–H groups in total. The van der Waals surface area contributed by atoms with Crippen LogP contribution < -0.4 is 10.6 Å². The van der Waals surface area contributed by atoms with Gasteiger partial charge in [-0.25, -0.2) is 0 Å². The van der Waals surface area contributed by atoms with Crippen molar-refractivity contribution in [2.75, 3.05) is 32.2 Å². The first-order valence-electron chi connectivity index (χ1n) is 7.43. The number of hydrogen-bond acceptors (Lipinski definition) is 4. The van der Waals surface area contributed by atoms with Crippen molar-refractivity contribution >= 4 is 21.6 Å². The summed E-state index contributed by atoms with van der Waals surface area (Å²) in [5.41, 5.74) is 8.48. The Balaban J connectivity index is 2.11. The Hall–Kier alpha value is -0.620. The van der Waals surface area contributed by atoms with E-state index in [1.807, 2.05) is 0 Å². The molecule has 0 bridgehead atoms. The Morgan fingerprint density at radius 3 is 2.38 bits per heavy atom. The number of ether oxygens (including phenoxy) is 2. The molecule has 5 heteroatoms. The molecule has 1 aliphatic rings. The van der Waals surface area contributed by atoms with Crippen molar-refractivity contribution in [3.8, 4) is 0 Å². The molecule has 1 heterocycles. The highest BCUT2D eigenvalue weighted by atomic mass is 79.9. The van der Waals surface area contributed by atoms with Crippen molar-refractivity contribution < 1.29 is 9.47 Å². The number of rotatable bonds is 6. The normalized spacial score (nSPS) is 23.6. The second-order valence-electron chi connectivity index (χ2n) is 5.61. The summed E-state index contributed by atoms with van der Waals surface area (Å²) in [4.78, 5) is 2.30. The SMILES string of the molecule is CCC(N)Cc1ccc(N2CC(OC)C(OC)C2)c(Br)c1. The lowest BCUT2D eigenvalue weighted by molar-refractivity contribution is -0.00461. The minimum Gasteiger partial charge on any atom is -0.377 e. The van der Waals surface area contributed by atoms with Crippen molar-refractivity contribution in [1.29, 1.82) is 0 Å². The van der Waals surface area contributed by atoms with Crippen LogP contribution >= 0.6 is 15.9 Å². The van der Waals surface area contributed by atoms with E-state index in [0.717, 1.165) is 30.4 Å². The average Bonchev–Trinajstić information content (AvgIpc) is 2.90. The molecule has 118 valence electrons. The molecular weight excluding hydrogens is 332 g/mol. The molecule has 1 aromatic carbocycles. The second kappa shape index (κ2) is 7.58. The molecule has 3 atom stereocenters. The van der Waals surface area contributed by atoms with E-state index in [4.69, 9.17) is 15.2 Å². The van der Waals surface area contributed by atoms with E-state index >= 15 is 0 Å². The molecule has 3 unspecified atom stereocenters. The summed E-state index contributed by atoms with van der Waals surface area (Å²) in [7, 11) is 3.48. The second-order valence-corrected chi connectivity index (χ2v) is 6.47. The van der Waals surface area contributed by atoms with Crippen LogP contribution in [0.25, 0.3) is 0 Å². The average molecular weight is 357 g/mol. The van der Waals surface area contributed by atoms with Gasteiger partial charge in [0.25, 0.3) is 0 Å². The molecule has 1 aromatic rings. The van der Waals surface area contributed by atoms with Crippen LogP contribution in [0.1, 0.15) is 18.9 Å². The molecule has 0 spiro atoms. The highest BCUT2D eigenvalue weighted by Gasteiger charge is 2.33. The van der Waals surface area contributed by atoms with Crippen molar-refractivity contribution in [3.63, 3.8) is 0 Å². The summed E-state index contributed by atoms with van der Waals surface area (Å²) in [6.45, 7) is 3.82. The first-order chi connectivity index (χ1) is 10.1. The Kier molecular flexibility index (Phi) is 6.05. The Bertz CT molecular complexity index is 458. The summed E-state index contributed by atoms with van der Waals surface area (Å²) < 4.78 is 12.1. The van der Waals surface area contributed by atoms with Gasteiger partial charge in [-0.1, -0.05) is 13.0 Å². The molecule has 0 amide bonds. The van der Waals surface area contributed by atoms with Gasteiger partial charge in [-0.3, -0.25) is 0 Å². The van der Waals surface area contributed by atoms with Gasteiger partial charge in [0.15, 0.2) is 0 Å². The molecule has 0 aliphatic carbocycles. The van der Waals surface area contributed by atoms with Crippen LogP contribution in [0.2, 0.25) is 0 Å². The maximum atomic E-state index is 6.03. The third kappa shape index (κ3) is 3.97. The number of nitrogens with two attached hydrogens (primary N) is 1. The van der Waals surface area contributed by atoms with Crippen LogP contribution in [0, 0.1) is 0 Å². The van der Waals surface area contributed by atoms with Crippen LogP contribution in [0.5, 0.6) is 0 Å². The van der Waals surface area contributed by atoms with E-state index < -0.39 is 0 Å². The van der Waals surface area contributed by atoms with Gasteiger partial charge in [0.05, 0.1) is 5.69 Å². The van der Waals surface area contributed by atoms with Gasteiger partial charge in [-0.2, -0.15) is 0 Å². The topological polar surface area (TPSA) is 47.7 Å². The van der Waals surface area contributed by atoms with E-state index in [9.17, 15) is 0 Å². The smallest absolute Gasteiger partial charge is 0.102 e. The molecule has 0 saturated carbocycles. The number of halogens is 1. The molecule has 21 heavy (non-hydrogen) atoms. The van der Waals surface area contributed by atoms with Gasteiger partial charge in [0.1, 0.15) is 12.2 Å². The number of methoxy groups -OCH3 is 2. The Morgan fingerprint density at radius 1 is 1.29 bits per heavy atom. The van der Waals surface area contributed by atoms with Crippen molar-refractivity contribution in [2.24, 2.45) is 5.73 Å². The van der Waals surface area contributed by atoms with E-state index in [-0.39, 0.29) is 18.2 Å². The fourth-order valence-electron chi connectivity index (χ4n) is 2.77. The quantitative estimate of drug-likeness (QED) is 0.850. The lowest BCUT2D eigenvalue weighted by atomic mass is 10.0. The summed E-state index contributed by atoms with van der Waals surface area (Å²) in [6.07, 6.45) is 2.15. The molecule has 0 aromatic heterocycles. The predicted octanol–water partition coefficient (Wildman–Crippen LogP) is 2.58. The third-order valence-electron chi connectivity index (χ3n) is 4.20. The number of anilines is 1. The molecule has 1 saturated heterocycles. The van der Waals surface area contributed by atoms with Gasteiger partial charge in [-0.15, -0.1) is 0 Å². The monoisotopic (exact) mass is 356 g/mol. The minimum atomic E-state index is 0.120. The molecular formula is C16H25BrN2O2. The number of benzene rings is 1. The molecule has 2 rings (SSSR count). The fourth-order valence-corrected chi connectivity index (χ4v) is 3.45. The molecule has 1 fully saturated rings. The number of nitrogens with zero attached hydrogens (tertiary/aromatic N) is 1. The van der Waals surface area contributed by atoms with Crippen LogP contribution in [0.15, 0.2) is 22.7 Å². The fraction of sp³-hybridized carbons (Fsp3) is 0.625. The summed E-state index contributed by atoms with van der Waals surface area (Å²) in [6, 6.07) is 6.72. The van der Waals surface area contributed by atoms with Gasteiger partial charge >= 0.3 is 0 Å². The van der Waals surface area contributed by atoms with Crippen molar-refractivity contribution in [2.45, 2.75) is 38.0 Å². The van der Waals surface area contributed by atoms with E-state index in [1.165, 1.54) is 11.3 Å². The van der Waals surface area contributed by atoms with Gasteiger partial charge < -0.3 is 20.1 Å². The predicted molar refractivity (Wildman–Crippen MR) is 89.9 cm³/mol. The minimum absolute atomic E-state index is 0.120. The van der Waals surface area contributed by atoms with E-state index in [2.05, 4.69) is 46.0 Å². The summed E-state index contributed by atoms with van der Waals surface area (Å²) in [5, 5.41) is 0. The van der Waals surface area contributed by atoms with Gasteiger partial charge in [0, 0.05) is 37.8 Å². The molecule has 4 nitrogen and oxygen atoms in total. The first-order valence-corrected chi connectivity index (χ1v) is 8.22. The molecule has 0 radical (unpaired) electrons. The van der Waals surface area contributed by atoms with Crippen molar-refractivity contribution in [3.05, 3.63) is 28.2 Å². The van der Waals surface area contributed by atoms with Crippen LogP contribution in [0.3, 0.4) is 0 Å². The zero-order valence-corrected chi connectivity index (χ0v) is 14.6. The zero-order valence-electron chi connectivity index (χ0n) is 13.0. The highest BCUT2D eigenvalue weighted by molar-refractivity contribution is 9.10. The lowest BCUT2D eigenvalue weighted by Crippen LogP contribution is -2.27. The summed E-state index contributed by atoms with van der Waals surface area (Å²) >= 11 is 3.69. The maximum Gasteiger partial charge on any atom is 0.102 e. The van der Waals surface area contributed by atoms with E-state index in [1.54, 1.807) is 14.2 Å².